The molecule has 6 nitrogen and oxygen atoms in total. The first-order valence-electron chi connectivity index (χ1n) is 6.24. The second-order valence-electron chi connectivity index (χ2n) is 4.48. The fraction of sp³-hybridized carbons (Fsp3) is 0.385. The Kier molecular flexibility index (Phi) is 4.81. The molecule has 108 valence electrons. The summed E-state index contributed by atoms with van der Waals surface area (Å²) < 4.78 is 5.21. The third kappa shape index (κ3) is 3.85. The molecule has 1 fully saturated rings. The summed E-state index contributed by atoms with van der Waals surface area (Å²) in [4.78, 5) is 22.6. The van der Waals surface area contributed by atoms with E-state index in [-0.39, 0.29) is 22.7 Å². The van der Waals surface area contributed by atoms with Gasteiger partial charge in [0.05, 0.1) is 16.3 Å². The summed E-state index contributed by atoms with van der Waals surface area (Å²) in [5.74, 6) is -1.06. The van der Waals surface area contributed by atoms with Crippen molar-refractivity contribution in [3.05, 3.63) is 28.8 Å². The number of hydrogen-bond acceptors (Lipinski definition) is 3. The average molecular weight is 299 g/mol. The highest BCUT2D eigenvalue weighted by Gasteiger charge is 2.16. The first kappa shape index (κ1) is 14.6. The van der Waals surface area contributed by atoms with Crippen molar-refractivity contribution in [2.24, 2.45) is 0 Å². The van der Waals surface area contributed by atoms with Crippen LogP contribution in [0.1, 0.15) is 23.2 Å². The number of carbonyl (C=O) groups is 2. The van der Waals surface area contributed by atoms with E-state index in [2.05, 4.69) is 10.6 Å². The van der Waals surface area contributed by atoms with Gasteiger partial charge in [-0.1, -0.05) is 11.6 Å². The van der Waals surface area contributed by atoms with E-state index in [0.29, 0.717) is 18.9 Å². The summed E-state index contributed by atoms with van der Waals surface area (Å²) in [7, 11) is 0. The lowest BCUT2D eigenvalue weighted by Crippen LogP contribution is -2.41. The zero-order chi connectivity index (χ0) is 14.5. The molecule has 1 saturated heterocycles. The van der Waals surface area contributed by atoms with Gasteiger partial charge in [0.1, 0.15) is 0 Å². The van der Waals surface area contributed by atoms with Crippen LogP contribution in [0.5, 0.6) is 0 Å². The zero-order valence-corrected chi connectivity index (χ0v) is 11.4. The number of urea groups is 1. The molecule has 1 aliphatic heterocycles. The zero-order valence-electron chi connectivity index (χ0n) is 10.7. The normalized spacial score (nSPS) is 15.7. The number of halogens is 1. The Bertz CT molecular complexity index is 515. The molecule has 0 atom stereocenters. The predicted octanol–water partition coefficient (Wildman–Crippen LogP) is 2.34. The van der Waals surface area contributed by atoms with Gasteiger partial charge in [0, 0.05) is 19.3 Å². The SMILES string of the molecule is O=C(Nc1ccc(C(=O)O)cc1Cl)NC1CCOCC1. The molecule has 0 aliphatic carbocycles. The molecule has 0 spiro atoms. The Morgan fingerprint density at radius 2 is 2.00 bits per heavy atom. The van der Waals surface area contributed by atoms with Crippen molar-refractivity contribution in [2.45, 2.75) is 18.9 Å². The van der Waals surface area contributed by atoms with E-state index in [1.54, 1.807) is 0 Å². The number of carboxylic acid groups (broad SMARTS) is 1. The van der Waals surface area contributed by atoms with Gasteiger partial charge in [-0.2, -0.15) is 0 Å². The summed E-state index contributed by atoms with van der Waals surface area (Å²) in [5, 5.41) is 14.5. The average Bonchev–Trinajstić information content (AvgIpc) is 2.42. The van der Waals surface area contributed by atoms with Crippen molar-refractivity contribution in [2.75, 3.05) is 18.5 Å². The highest BCUT2D eigenvalue weighted by molar-refractivity contribution is 6.34. The number of rotatable bonds is 3. The number of carbonyl (C=O) groups excluding carboxylic acids is 1. The van der Waals surface area contributed by atoms with E-state index >= 15 is 0 Å². The van der Waals surface area contributed by atoms with Gasteiger partial charge in [-0.15, -0.1) is 0 Å². The van der Waals surface area contributed by atoms with Gasteiger partial charge in [0.25, 0.3) is 0 Å². The van der Waals surface area contributed by atoms with Crippen molar-refractivity contribution in [1.29, 1.82) is 0 Å². The fourth-order valence-electron chi connectivity index (χ4n) is 1.94. The van der Waals surface area contributed by atoms with E-state index in [1.807, 2.05) is 0 Å². The molecule has 7 heteroatoms. The second-order valence-corrected chi connectivity index (χ2v) is 4.89. The first-order chi connectivity index (χ1) is 9.56. The summed E-state index contributed by atoms with van der Waals surface area (Å²) >= 11 is 5.93. The van der Waals surface area contributed by atoms with Crippen LogP contribution in [0.4, 0.5) is 10.5 Å². The van der Waals surface area contributed by atoms with Gasteiger partial charge < -0.3 is 20.5 Å². The van der Waals surface area contributed by atoms with Crippen LogP contribution in [0.3, 0.4) is 0 Å². The van der Waals surface area contributed by atoms with Gasteiger partial charge in [0.2, 0.25) is 0 Å². The second kappa shape index (κ2) is 6.58. The molecule has 3 N–H and O–H groups in total. The van der Waals surface area contributed by atoms with Gasteiger partial charge in [-0.25, -0.2) is 9.59 Å². The highest BCUT2D eigenvalue weighted by atomic mass is 35.5. The lowest BCUT2D eigenvalue weighted by molar-refractivity contribution is 0.0696. The standard InChI is InChI=1S/C13H15ClN2O4/c14-10-7-8(12(17)18)1-2-11(10)16-13(19)15-9-3-5-20-6-4-9/h1-2,7,9H,3-6H2,(H,17,18)(H2,15,16,19). The van der Waals surface area contributed by atoms with E-state index in [4.69, 9.17) is 21.4 Å². The molecule has 1 aromatic carbocycles. The molecular weight excluding hydrogens is 284 g/mol. The van der Waals surface area contributed by atoms with Gasteiger partial charge in [-0.3, -0.25) is 0 Å². The highest BCUT2D eigenvalue weighted by Crippen LogP contribution is 2.23. The van der Waals surface area contributed by atoms with Crippen LogP contribution >= 0.6 is 11.6 Å². The lowest BCUT2D eigenvalue weighted by atomic mass is 10.1. The van der Waals surface area contributed by atoms with Crippen molar-refractivity contribution < 1.29 is 19.4 Å². The summed E-state index contributed by atoms with van der Waals surface area (Å²) in [5.41, 5.74) is 0.451. The van der Waals surface area contributed by atoms with Crippen LogP contribution in [0.25, 0.3) is 0 Å². The minimum Gasteiger partial charge on any atom is -0.478 e. The Balaban J connectivity index is 1.95. The molecular formula is C13H15ClN2O4. The Morgan fingerprint density at radius 3 is 2.60 bits per heavy atom. The molecule has 1 aliphatic rings. The van der Waals surface area contributed by atoms with Crippen LogP contribution < -0.4 is 10.6 Å². The maximum absolute atomic E-state index is 11.8. The largest absolute Gasteiger partial charge is 0.478 e. The van der Waals surface area contributed by atoms with Crippen LogP contribution in [0.2, 0.25) is 5.02 Å². The number of benzene rings is 1. The molecule has 0 radical (unpaired) electrons. The number of anilines is 1. The topological polar surface area (TPSA) is 87.7 Å². The lowest BCUT2D eigenvalue weighted by Gasteiger charge is -2.23. The molecule has 20 heavy (non-hydrogen) atoms. The van der Waals surface area contributed by atoms with Crippen molar-refractivity contribution in [1.82, 2.24) is 5.32 Å². The number of hydrogen-bond donors (Lipinski definition) is 3. The number of aromatic carboxylic acids is 1. The maximum atomic E-state index is 11.8. The summed E-state index contributed by atoms with van der Waals surface area (Å²) in [6.45, 7) is 1.28. The molecule has 0 bridgehead atoms. The van der Waals surface area contributed by atoms with Crippen molar-refractivity contribution >= 4 is 29.3 Å². The Labute approximate surface area is 121 Å². The Morgan fingerprint density at radius 1 is 1.30 bits per heavy atom. The molecule has 0 saturated carbocycles. The smallest absolute Gasteiger partial charge is 0.335 e. The van der Waals surface area contributed by atoms with Gasteiger partial charge >= 0.3 is 12.0 Å². The number of ether oxygens (including phenoxy) is 1. The van der Waals surface area contributed by atoms with Crippen molar-refractivity contribution in [3.63, 3.8) is 0 Å². The molecule has 0 aromatic heterocycles. The number of carboxylic acids is 1. The van der Waals surface area contributed by atoms with Crippen LogP contribution in [-0.2, 0) is 4.74 Å². The maximum Gasteiger partial charge on any atom is 0.335 e. The van der Waals surface area contributed by atoms with Crippen LogP contribution in [0.15, 0.2) is 18.2 Å². The minimum atomic E-state index is -1.06. The van der Waals surface area contributed by atoms with E-state index < -0.39 is 5.97 Å². The van der Waals surface area contributed by atoms with Gasteiger partial charge in [-0.05, 0) is 31.0 Å². The molecule has 0 unspecified atom stereocenters. The van der Waals surface area contributed by atoms with Crippen LogP contribution in [0, 0.1) is 0 Å². The van der Waals surface area contributed by atoms with E-state index in [9.17, 15) is 9.59 Å². The number of nitrogens with one attached hydrogen (secondary N) is 2. The van der Waals surface area contributed by atoms with Crippen LogP contribution in [-0.4, -0.2) is 36.4 Å². The van der Waals surface area contributed by atoms with E-state index in [0.717, 1.165) is 12.8 Å². The Hall–Kier alpha value is -1.79. The summed E-state index contributed by atoms with van der Waals surface area (Å²) in [6, 6.07) is 3.88. The monoisotopic (exact) mass is 298 g/mol. The van der Waals surface area contributed by atoms with Gasteiger partial charge in [0.15, 0.2) is 0 Å². The molecule has 2 rings (SSSR count). The molecule has 1 heterocycles. The fourth-order valence-corrected chi connectivity index (χ4v) is 2.16. The number of amides is 2. The third-order valence-electron chi connectivity index (χ3n) is 3.02. The summed E-state index contributed by atoms with van der Waals surface area (Å²) in [6.07, 6.45) is 1.55. The van der Waals surface area contributed by atoms with Crippen molar-refractivity contribution in [3.8, 4) is 0 Å². The predicted molar refractivity (Wildman–Crippen MR) is 74.4 cm³/mol. The van der Waals surface area contributed by atoms with E-state index in [1.165, 1.54) is 18.2 Å². The first-order valence-corrected chi connectivity index (χ1v) is 6.62. The molecule has 2 amide bonds. The quantitative estimate of drug-likeness (QED) is 0.799. The third-order valence-corrected chi connectivity index (χ3v) is 3.33. The molecule has 1 aromatic rings. The minimum absolute atomic E-state index is 0.0744.